The zero-order valence-corrected chi connectivity index (χ0v) is 51.0. The van der Waals surface area contributed by atoms with Crippen LogP contribution in [0.4, 0.5) is 8.78 Å². The van der Waals surface area contributed by atoms with Crippen LogP contribution >= 0.6 is 11.8 Å². The Labute approximate surface area is 518 Å². The van der Waals surface area contributed by atoms with Gasteiger partial charge in [-0.05, 0) is 65.8 Å². The fourth-order valence-corrected chi connectivity index (χ4v) is 10.1. The number of hydroxylamine groups is 2. The Morgan fingerprint density at radius 1 is 0.730 bits per heavy atom. The first-order valence-corrected chi connectivity index (χ1v) is 30.2. The number of imide groups is 1. The number of carbonyl (C=O) groups excluding carboxylic acids is 9. The average molecular weight is 1260 g/mol. The molecular formula is C61H79F2N9O16S. The molecule has 89 heavy (non-hydrogen) atoms. The van der Waals surface area contributed by atoms with Gasteiger partial charge in [-0.1, -0.05) is 51.1 Å². The van der Waals surface area contributed by atoms with Gasteiger partial charge in [-0.15, -0.1) is 16.8 Å². The maximum atomic E-state index is 15.5. The Morgan fingerprint density at radius 3 is 2.01 bits per heavy atom. The molecule has 7 N–H and O–H groups in total. The third kappa shape index (κ3) is 25.8. The SMILES string of the molecule is CC(C)(C)[C@H](c1cc(-c2cc(F)ccc2F)cn1Cc1ccccc1)N(CCCNC(=O)[C@H](CC(N)=O)NC(=O)Cc1ccncc1)C(=O)CSC[C@H](NC(=O)CCOCCOCCOCCOCCNC(=O)CCCC(=O)ON1C(=O)CCC1=O)C(=O)O. The molecule has 0 spiro atoms. The smallest absolute Gasteiger partial charge is 0.333 e. The van der Waals surface area contributed by atoms with Crippen molar-refractivity contribution in [3.8, 4) is 11.1 Å². The molecule has 0 aliphatic carbocycles. The first kappa shape index (κ1) is 71.6. The van der Waals surface area contributed by atoms with E-state index in [-0.39, 0.29) is 153 Å². The molecule has 1 fully saturated rings. The lowest BCUT2D eigenvalue weighted by Gasteiger charge is -2.41. The monoisotopic (exact) mass is 1260 g/mol. The highest BCUT2D eigenvalue weighted by Crippen LogP contribution is 2.41. The number of nitrogens with zero attached hydrogens (tertiary/aromatic N) is 4. The summed E-state index contributed by atoms with van der Waals surface area (Å²) in [7, 11) is 0. The molecule has 2 aromatic carbocycles. The predicted octanol–water partition coefficient (Wildman–Crippen LogP) is 3.55. The summed E-state index contributed by atoms with van der Waals surface area (Å²) in [4.78, 5) is 136. The van der Waals surface area contributed by atoms with E-state index < -0.39 is 94.9 Å². The molecule has 0 radical (unpaired) electrons. The normalized spacial score (nSPS) is 13.3. The van der Waals surface area contributed by atoms with Crippen molar-refractivity contribution < 1.29 is 85.6 Å². The van der Waals surface area contributed by atoms with Gasteiger partial charge < -0.3 is 65.4 Å². The minimum absolute atomic E-state index is 0.00214. The van der Waals surface area contributed by atoms with Crippen molar-refractivity contribution in [2.24, 2.45) is 11.1 Å². The topological polar surface area (TPSA) is 336 Å². The van der Waals surface area contributed by atoms with Gasteiger partial charge in [-0.25, -0.2) is 18.4 Å². The minimum Gasteiger partial charge on any atom is -0.480 e. The number of ether oxygens (including phenoxy) is 4. The van der Waals surface area contributed by atoms with Crippen LogP contribution in [0.2, 0.25) is 0 Å². The molecule has 25 nitrogen and oxygen atoms in total. The first-order chi connectivity index (χ1) is 42.6. The molecule has 3 heterocycles. The molecule has 5 rings (SSSR count). The highest BCUT2D eigenvalue weighted by atomic mass is 32.2. The number of nitrogens with two attached hydrogens (primary N) is 1. The molecule has 28 heteroatoms. The molecule has 0 unspecified atom stereocenters. The van der Waals surface area contributed by atoms with E-state index in [0.717, 1.165) is 35.5 Å². The molecule has 8 amide bonds. The number of hydrogen-bond donors (Lipinski definition) is 6. The van der Waals surface area contributed by atoms with Crippen LogP contribution in [0.5, 0.6) is 0 Å². The first-order valence-electron chi connectivity index (χ1n) is 29.1. The number of benzene rings is 2. The lowest BCUT2D eigenvalue weighted by atomic mass is 9.83. The fraction of sp³-hybridized carbons (Fsp3) is 0.492. The Balaban J connectivity index is 1.09. The molecule has 2 aromatic heterocycles. The van der Waals surface area contributed by atoms with Crippen LogP contribution in [0.3, 0.4) is 0 Å². The van der Waals surface area contributed by atoms with Gasteiger partial charge in [0.1, 0.15) is 23.7 Å². The van der Waals surface area contributed by atoms with E-state index in [1.807, 2.05) is 55.7 Å². The number of aliphatic carboxylic acids is 1. The average Bonchev–Trinajstić information content (AvgIpc) is 1.81. The Hall–Kier alpha value is -8.18. The lowest BCUT2D eigenvalue weighted by molar-refractivity contribution is -0.197. The molecule has 1 aliphatic heterocycles. The number of thioether (sulfide) groups is 1. The fourth-order valence-electron chi connectivity index (χ4n) is 9.20. The highest BCUT2D eigenvalue weighted by Gasteiger charge is 2.38. The van der Waals surface area contributed by atoms with E-state index >= 15 is 4.39 Å². The number of aromatic nitrogens is 2. The van der Waals surface area contributed by atoms with Gasteiger partial charge >= 0.3 is 11.9 Å². The van der Waals surface area contributed by atoms with Crippen LogP contribution in [0.15, 0.2) is 85.3 Å². The maximum Gasteiger partial charge on any atom is 0.333 e. The number of carboxylic acids is 1. The second kappa shape index (κ2) is 37.6. The van der Waals surface area contributed by atoms with Crippen molar-refractivity contribution in [1.82, 2.24) is 40.8 Å². The second-order valence-electron chi connectivity index (χ2n) is 21.6. The summed E-state index contributed by atoms with van der Waals surface area (Å²) < 4.78 is 53.9. The Kier molecular flexibility index (Phi) is 30.2. The maximum absolute atomic E-state index is 15.5. The van der Waals surface area contributed by atoms with Gasteiger partial charge in [0.2, 0.25) is 35.4 Å². The van der Waals surface area contributed by atoms with Crippen LogP contribution in [-0.4, -0.2) is 180 Å². The van der Waals surface area contributed by atoms with Crippen molar-refractivity contribution in [2.45, 2.75) is 103 Å². The van der Waals surface area contributed by atoms with Crippen LogP contribution in [0, 0.1) is 17.0 Å². The summed E-state index contributed by atoms with van der Waals surface area (Å²) in [5, 5.41) is 21.1. The van der Waals surface area contributed by atoms with Crippen LogP contribution in [0.1, 0.15) is 95.0 Å². The number of carbonyl (C=O) groups is 10. The molecule has 0 saturated carbocycles. The molecule has 4 aromatic rings. The molecule has 0 bridgehead atoms. The van der Waals surface area contributed by atoms with Crippen LogP contribution in [0.25, 0.3) is 11.1 Å². The zero-order valence-electron chi connectivity index (χ0n) is 50.2. The van der Waals surface area contributed by atoms with Crippen molar-refractivity contribution in [3.05, 3.63) is 114 Å². The number of rotatable bonds is 41. The number of hydrogen-bond acceptors (Lipinski definition) is 17. The lowest BCUT2D eigenvalue weighted by Crippen LogP contribution is -2.49. The third-order valence-corrected chi connectivity index (χ3v) is 14.4. The summed E-state index contributed by atoms with van der Waals surface area (Å²) in [5.74, 6) is -8.48. The van der Waals surface area contributed by atoms with Crippen LogP contribution < -0.4 is 27.0 Å². The largest absolute Gasteiger partial charge is 0.480 e. The summed E-state index contributed by atoms with van der Waals surface area (Å²) in [6.07, 6.45) is 4.14. The van der Waals surface area contributed by atoms with Crippen LogP contribution in [-0.2, 0) is 84.7 Å². The molecule has 1 aliphatic rings. The quantitative estimate of drug-likeness (QED) is 0.0273. The van der Waals surface area contributed by atoms with E-state index in [9.17, 15) is 57.4 Å². The second-order valence-corrected chi connectivity index (χ2v) is 22.7. The number of pyridine rings is 1. The van der Waals surface area contributed by atoms with Gasteiger partial charge in [0.25, 0.3) is 11.8 Å². The van der Waals surface area contributed by atoms with Gasteiger partial charge in [-0.3, -0.25) is 43.3 Å². The van der Waals surface area contributed by atoms with E-state index in [4.69, 9.17) is 29.5 Å². The number of carboxylic acid groups (broad SMARTS) is 1. The summed E-state index contributed by atoms with van der Waals surface area (Å²) in [6.45, 7) is 7.68. The summed E-state index contributed by atoms with van der Waals surface area (Å²) in [5.41, 5.74) is 7.10. The zero-order chi connectivity index (χ0) is 64.7. The molecule has 1 saturated heterocycles. The van der Waals surface area contributed by atoms with Gasteiger partial charge in [0.05, 0.1) is 77.5 Å². The number of primary amides is 1. The van der Waals surface area contributed by atoms with Crippen molar-refractivity contribution in [1.29, 1.82) is 0 Å². The number of amides is 8. The summed E-state index contributed by atoms with van der Waals surface area (Å²) >= 11 is 0.973. The molecule has 484 valence electrons. The van der Waals surface area contributed by atoms with E-state index in [2.05, 4.69) is 26.3 Å². The molecular weight excluding hydrogens is 1180 g/mol. The van der Waals surface area contributed by atoms with Gasteiger partial charge in [-0.2, -0.15) is 0 Å². The Bertz CT molecular complexity index is 2990. The summed E-state index contributed by atoms with van der Waals surface area (Å²) in [6, 6.07) is 14.0. The van der Waals surface area contributed by atoms with Gasteiger partial charge in [0.15, 0.2) is 0 Å². The highest BCUT2D eigenvalue weighted by molar-refractivity contribution is 8.00. The number of halogens is 2. The van der Waals surface area contributed by atoms with Crippen molar-refractivity contribution in [2.75, 3.05) is 84.0 Å². The Morgan fingerprint density at radius 2 is 1.37 bits per heavy atom. The van der Waals surface area contributed by atoms with E-state index in [1.165, 1.54) is 12.4 Å². The third-order valence-electron chi connectivity index (χ3n) is 13.4. The number of nitrogens with one attached hydrogen (secondary N) is 4. The van der Waals surface area contributed by atoms with Crippen molar-refractivity contribution >= 4 is 71.0 Å². The minimum atomic E-state index is -1.39. The van der Waals surface area contributed by atoms with E-state index in [0.29, 0.717) is 21.9 Å². The van der Waals surface area contributed by atoms with Crippen molar-refractivity contribution in [3.63, 3.8) is 0 Å². The molecule has 3 atom stereocenters. The standard InChI is InChI=1S/C61H79F2N9O16S/c1-61(2,3)58(49-34-43(45-35-44(62)13-14-46(45)63)38-70(49)37-42-9-5-4-6-10-42)71(24-8-20-67-59(81)47(36-50(64)73)68-53(76)33-41-17-21-65-22-18-41)56(79)40-89-39-48(60(82)83)69-52(75)19-25-84-27-29-86-31-32-87-30-28-85-26-23-66-51(74)11-7-12-57(80)88-72-54(77)15-16-55(72)78/h4-6,9-10,13-14,17-18,21-22,34-35,38,47-48,58H,7-8,11-12,15-16,19-20,23-33,36-37,39-40H2,1-3H3,(H2,64,73)(H,66,74)(H,67,81)(H,68,76)(H,69,75)(H,82,83)/t47-,48-,58-/m0/s1. The van der Waals surface area contributed by atoms with Gasteiger partial charge in [0, 0.05) is 99.4 Å². The predicted molar refractivity (Wildman–Crippen MR) is 319 cm³/mol. The van der Waals surface area contributed by atoms with E-state index in [1.54, 1.807) is 29.3 Å².